The van der Waals surface area contributed by atoms with E-state index in [-0.39, 0.29) is 11.5 Å². The van der Waals surface area contributed by atoms with Gasteiger partial charge >= 0.3 is 0 Å². The van der Waals surface area contributed by atoms with Crippen LogP contribution in [0.15, 0.2) is 47.3 Å². The quantitative estimate of drug-likeness (QED) is 0.629. The van der Waals surface area contributed by atoms with Gasteiger partial charge in [0.1, 0.15) is 5.75 Å². The zero-order chi connectivity index (χ0) is 19.0. The van der Waals surface area contributed by atoms with E-state index in [1.54, 1.807) is 0 Å². The van der Waals surface area contributed by atoms with Crippen molar-refractivity contribution in [2.75, 3.05) is 0 Å². The number of pyridine rings is 1. The highest BCUT2D eigenvalue weighted by molar-refractivity contribution is 5.86. The van der Waals surface area contributed by atoms with Crippen molar-refractivity contribution in [1.29, 1.82) is 0 Å². The number of benzene rings is 2. The van der Waals surface area contributed by atoms with Crippen LogP contribution < -0.4 is 10.2 Å². The van der Waals surface area contributed by atoms with Gasteiger partial charge in [0.15, 0.2) is 5.43 Å². The molecule has 3 heteroatoms. The summed E-state index contributed by atoms with van der Waals surface area (Å²) >= 11 is 0. The van der Waals surface area contributed by atoms with E-state index in [1.165, 1.54) is 0 Å². The normalized spacial score (nSPS) is 11.5. The molecule has 3 rings (SSSR count). The molecule has 0 atom stereocenters. The first kappa shape index (κ1) is 18.2. The predicted molar refractivity (Wildman–Crippen MR) is 109 cm³/mol. The summed E-state index contributed by atoms with van der Waals surface area (Å²) in [5.41, 5.74) is 4.93. The molecule has 2 aromatic carbocycles. The molecule has 0 unspecified atom stereocenters. The second-order valence-electron chi connectivity index (χ2n) is 7.46. The van der Waals surface area contributed by atoms with Crippen molar-refractivity contribution >= 4 is 10.9 Å². The molecule has 0 spiro atoms. The van der Waals surface area contributed by atoms with Crippen LogP contribution >= 0.6 is 0 Å². The summed E-state index contributed by atoms with van der Waals surface area (Å²) in [6, 6.07) is 14.1. The molecule has 0 saturated carbocycles. The average Bonchev–Trinajstić information content (AvgIpc) is 2.60. The third-order valence-electron chi connectivity index (χ3n) is 4.80. The molecule has 136 valence electrons. The van der Waals surface area contributed by atoms with Crippen LogP contribution in [-0.2, 0) is 7.05 Å². The van der Waals surface area contributed by atoms with Crippen molar-refractivity contribution in [3.8, 4) is 17.0 Å². The molecule has 3 aromatic rings. The minimum absolute atomic E-state index is 0.0680. The number of fused-ring (bicyclic) bond motifs is 1. The molecule has 3 nitrogen and oxygen atoms in total. The fourth-order valence-electron chi connectivity index (χ4n) is 3.54. The van der Waals surface area contributed by atoms with Gasteiger partial charge < -0.3 is 9.30 Å². The third kappa shape index (κ3) is 3.14. The topological polar surface area (TPSA) is 31.2 Å². The molecule has 0 amide bonds. The van der Waals surface area contributed by atoms with Crippen molar-refractivity contribution in [3.63, 3.8) is 0 Å². The molecular weight excluding hydrogens is 322 g/mol. The summed E-state index contributed by atoms with van der Waals surface area (Å²) in [5, 5.41) is 0.713. The van der Waals surface area contributed by atoms with Crippen molar-refractivity contribution in [2.24, 2.45) is 7.05 Å². The maximum absolute atomic E-state index is 13.1. The Hall–Kier alpha value is -2.55. The van der Waals surface area contributed by atoms with E-state index in [0.29, 0.717) is 11.3 Å². The van der Waals surface area contributed by atoms with Gasteiger partial charge in [0.25, 0.3) is 0 Å². The Morgan fingerprint density at radius 2 is 1.65 bits per heavy atom. The van der Waals surface area contributed by atoms with E-state index in [2.05, 4.69) is 24.5 Å². The molecule has 1 heterocycles. The van der Waals surface area contributed by atoms with Gasteiger partial charge in [-0.25, -0.2) is 0 Å². The predicted octanol–water partition coefficient (Wildman–Crippen LogP) is 5.42. The molecule has 0 aliphatic heterocycles. The summed E-state index contributed by atoms with van der Waals surface area (Å²) in [6.45, 7) is 10.2. The molecule has 1 aromatic heterocycles. The second-order valence-corrected chi connectivity index (χ2v) is 7.46. The molecule has 0 N–H and O–H groups in total. The minimum Gasteiger partial charge on any atom is -0.491 e. The Kier molecular flexibility index (Phi) is 4.90. The number of nitrogens with zero attached hydrogens (tertiary/aromatic N) is 1. The van der Waals surface area contributed by atoms with Crippen LogP contribution in [0.4, 0.5) is 0 Å². The van der Waals surface area contributed by atoms with Crippen LogP contribution in [0.2, 0.25) is 0 Å². The molecule has 0 aliphatic rings. The molecule has 0 saturated heterocycles. The summed E-state index contributed by atoms with van der Waals surface area (Å²) < 4.78 is 8.15. The fraction of sp³-hybridized carbons (Fsp3) is 0.348. The Morgan fingerprint density at radius 1 is 1.00 bits per heavy atom. The van der Waals surface area contributed by atoms with E-state index in [9.17, 15) is 4.79 Å². The van der Waals surface area contributed by atoms with Crippen LogP contribution in [0, 0.1) is 6.92 Å². The van der Waals surface area contributed by atoms with Gasteiger partial charge in [0.05, 0.1) is 17.3 Å². The monoisotopic (exact) mass is 349 g/mol. The number of hydrogen-bond donors (Lipinski definition) is 0. The van der Waals surface area contributed by atoms with Gasteiger partial charge in [-0.15, -0.1) is 0 Å². The number of aryl methyl sites for hydroxylation is 1. The van der Waals surface area contributed by atoms with Crippen LogP contribution in [0.1, 0.15) is 44.7 Å². The van der Waals surface area contributed by atoms with Gasteiger partial charge in [-0.05, 0) is 49.9 Å². The van der Waals surface area contributed by atoms with E-state index >= 15 is 0 Å². The Morgan fingerprint density at radius 3 is 2.23 bits per heavy atom. The van der Waals surface area contributed by atoms with Gasteiger partial charge in [-0.1, -0.05) is 44.2 Å². The highest BCUT2D eigenvalue weighted by Crippen LogP contribution is 2.33. The van der Waals surface area contributed by atoms with E-state index in [4.69, 9.17) is 4.74 Å². The van der Waals surface area contributed by atoms with Crippen LogP contribution in [-0.4, -0.2) is 10.7 Å². The number of hydrogen-bond acceptors (Lipinski definition) is 2. The number of rotatable bonds is 4. The van der Waals surface area contributed by atoms with Crippen LogP contribution in [0.3, 0.4) is 0 Å². The van der Waals surface area contributed by atoms with Crippen molar-refractivity contribution in [2.45, 2.75) is 46.6 Å². The third-order valence-corrected chi connectivity index (χ3v) is 4.80. The van der Waals surface area contributed by atoms with E-state index in [0.717, 1.165) is 33.7 Å². The standard InChI is InChI=1S/C23H27NO2/c1-14(2)18-12-20-19(13-21(18)26-15(3)4)23(25)16(5)22(24(20)6)17-10-8-7-9-11-17/h7-15H,1-6H3. The van der Waals surface area contributed by atoms with Gasteiger partial charge in [0.2, 0.25) is 0 Å². The zero-order valence-electron chi connectivity index (χ0n) is 16.5. The van der Waals surface area contributed by atoms with Gasteiger partial charge in [-0.2, -0.15) is 0 Å². The van der Waals surface area contributed by atoms with E-state index in [1.807, 2.05) is 64.2 Å². The Balaban J connectivity index is 2.38. The van der Waals surface area contributed by atoms with Gasteiger partial charge in [0, 0.05) is 18.0 Å². The van der Waals surface area contributed by atoms with Crippen molar-refractivity contribution in [1.82, 2.24) is 4.57 Å². The lowest BCUT2D eigenvalue weighted by Crippen LogP contribution is -2.16. The summed E-state index contributed by atoms with van der Waals surface area (Å²) in [4.78, 5) is 13.1. The smallest absolute Gasteiger partial charge is 0.193 e. The first-order valence-corrected chi connectivity index (χ1v) is 9.20. The summed E-state index contributed by atoms with van der Waals surface area (Å²) in [7, 11) is 2.03. The van der Waals surface area contributed by atoms with Crippen LogP contribution in [0.5, 0.6) is 5.75 Å². The maximum Gasteiger partial charge on any atom is 0.193 e. The number of ether oxygens (including phenoxy) is 1. The van der Waals surface area contributed by atoms with Crippen molar-refractivity contribution < 1.29 is 4.74 Å². The lowest BCUT2D eigenvalue weighted by molar-refractivity contribution is 0.239. The molecule has 0 radical (unpaired) electrons. The molecule has 26 heavy (non-hydrogen) atoms. The maximum atomic E-state index is 13.1. The highest BCUT2D eigenvalue weighted by Gasteiger charge is 2.18. The SMILES string of the molecule is Cc1c(-c2ccccc2)n(C)c2cc(C(C)C)c(OC(C)C)cc2c1=O. The summed E-state index contributed by atoms with van der Waals surface area (Å²) in [6.07, 6.45) is 0.0680. The minimum atomic E-state index is 0.0680. The van der Waals surface area contributed by atoms with E-state index < -0.39 is 0 Å². The zero-order valence-corrected chi connectivity index (χ0v) is 16.5. The Bertz CT molecular complexity index is 998. The molecule has 0 bridgehead atoms. The lowest BCUT2D eigenvalue weighted by Gasteiger charge is -2.21. The summed E-state index contributed by atoms with van der Waals surface area (Å²) in [5.74, 6) is 1.12. The lowest BCUT2D eigenvalue weighted by atomic mass is 9.97. The molecule has 0 aliphatic carbocycles. The van der Waals surface area contributed by atoms with Crippen LogP contribution in [0.25, 0.3) is 22.2 Å². The first-order chi connectivity index (χ1) is 12.3. The Labute approximate surface area is 155 Å². The highest BCUT2D eigenvalue weighted by atomic mass is 16.5. The molecular formula is C23H27NO2. The fourth-order valence-corrected chi connectivity index (χ4v) is 3.54. The largest absolute Gasteiger partial charge is 0.491 e. The number of aromatic nitrogens is 1. The molecule has 0 fully saturated rings. The second kappa shape index (κ2) is 6.99. The first-order valence-electron chi connectivity index (χ1n) is 9.20. The average molecular weight is 349 g/mol. The van der Waals surface area contributed by atoms with Crippen molar-refractivity contribution in [3.05, 3.63) is 63.8 Å². The van der Waals surface area contributed by atoms with Gasteiger partial charge in [-0.3, -0.25) is 4.79 Å².